The van der Waals surface area contributed by atoms with E-state index >= 15 is 0 Å². The summed E-state index contributed by atoms with van der Waals surface area (Å²) in [6.45, 7) is 5.87. The van der Waals surface area contributed by atoms with Crippen LogP contribution in [0.4, 0.5) is 0 Å². The number of nitrogens with one attached hydrogen (secondary N) is 1. The fourth-order valence-corrected chi connectivity index (χ4v) is 1.71. The molecule has 1 aromatic carbocycles. The molecule has 0 aromatic heterocycles. The first-order valence-corrected chi connectivity index (χ1v) is 6.71. The number of carbonyl (C=O) groups is 1. The zero-order valence-electron chi connectivity index (χ0n) is 10.3. The first-order valence-electron chi connectivity index (χ1n) is 5.63. The molecule has 0 aliphatic heterocycles. The van der Waals surface area contributed by atoms with Crippen molar-refractivity contribution in [2.75, 3.05) is 6.61 Å². The van der Waals surface area contributed by atoms with Crippen LogP contribution in [0.25, 0.3) is 0 Å². The molecular formula is C13H18INO2. The SMILES string of the molecule is Cc1cc(C(=O)NC(C)C(C)CO)ccc1I. The maximum atomic E-state index is 11.9. The second-order valence-corrected chi connectivity index (χ2v) is 5.55. The number of aryl methyl sites for hydroxylation is 1. The standard InChI is InChI=1S/C13H18INO2/c1-8-6-11(4-5-12(8)14)13(17)15-10(3)9(2)7-16/h4-6,9-10,16H,7H2,1-3H3,(H,15,17). The molecule has 2 N–H and O–H groups in total. The van der Waals surface area contributed by atoms with E-state index in [1.165, 1.54) is 0 Å². The summed E-state index contributed by atoms with van der Waals surface area (Å²) in [5.41, 5.74) is 1.76. The smallest absolute Gasteiger partial charge is 0.251 e. The van der Waals surface area contributed by atoms with Crippen LogP contribution in [0.3, 0.4) is 0 Å². The molecule has 2 unspecified atom stereocenters. The summed E-state index contributed by atoms with van der Waals surface area (Å²) in [5, 5.41) is 11.9. The Kier molecular flexibility index (Phi) is 5.39. The van der Waals surface area contributed by atoms with Gasteiger partial charge in [-0.25, -0.2) is 0 Å². The van der Waals surface area contributed by atoms with Gasteiger partial charge in [-0.2, -0.15) is 0 Å². The Balaban J connectivity index is 2.73. The molecule has 1 aromatic rings. The van der Waals surface area contributed by atoms with Crippen LogP contribution in [-0.2, 0) is 0 Å². The van der Waals surface area contributed by atoms with Crippen molar-refractivity contribution in [3.05, 3.63) is 32.9 Å². The lowest BCUT2D eigenvalue weighted by Gasteiger charge is -2.19. The maximum absolute atomic E-state index is 11.9. The highest BCUT2D eigenvalue weighted by atomic mass is 127. The number of hydrogen-bond acceptors (Lipinski definition) is 2. The van der Waals surface area contributed by atoms with Gasteiger partial charge in [-0.05, 0) is 66.1 Å². The summed E-state index contributed by atoms with van der Waals surface area (Å²) in [4.78, 5) is 11.9. The van der Waals surface area contributed by atoms with E-state index < -0.39 is 0 Å². The monoisotopic (exact) mass is 347 g/mol. The van der Waals surface area contributed by atoms with Crippen molar-refractivity contribution in [1.29, 1.82) is 0 Å². The summed E-state index contributed by atoms with van der Waals surface area (Å²) in [7, 11) is 0. The molecular weight excluding hydrogens is 329 g/mol. The van der Waals surface area contributed by atoms with Crippen molar-refractivity contribution in [2.24, 2.45) is 5.92 Å². The van der Waals surface area contributed by atoms with Crippen LogP contribution in [0.1, 0.15) is 29.8 Å². The Morgan fingerprint density at radius 3 is 2.65 bits per heavy atom. The van der Waals surface area contributed by atoms with Crippen LogP contribution in [0.15, 0.2) is 18.2 Å². The molecule has 0 saturated heterocycles. The van der Waals surface area contributed by atoms with E-state index in [0.29, 0.717) is 5.56 Å². The number of benzene rings is 1. The number of aliphatic hydroxyl groups excluding tert-OH is 1. The number of amides is 1. The predicted molar refractivity (Wildman–Crippen MR) is 77.1 cm³/mol. The lowest BCUT2D eigenvalue weighted by atomic mass is 10.0. The van der Waals surface area contributed by atoms with Gasteiger partial charge < -0.3 is 10.4 Å². The maximum Gasteiger partial charge on any atom is 0.251 e. The van der Waals surface area contributed by atoms with E-state index in [-0.39, 0.29) is 24.5 Å². The molecule has 0 saturated carbocycles. The molecule has 17 heavy (non-hydrogen) atoms. The average molecular weight is 347 g/mol. The van der Waals surface area contributed by atoms with Gasteiger partial charge in [0.15, 0.2) is 0 Å². The van der Waals surface area contributed by atoms with Gasteiger partial charge >= 0.3 is 0 Å². The highest BCUT2D eigenvalue weighted by Crippen LogP contribution is 2.13. The van der Waals surface area contributed by atoms with Crippen LogP contribution >= 0.6 is 22.6 Å². The molecule has 0 heterocycles. The molecule has 1 rings (SSSR count). The largest absolute Gasteiger partial charge is 0.396 e. The van der Waals surface area contributed by atoms with Gasteiger partial charge in [0.05, 0.1) is 0 Å². The summed E-state index contributed by atoms with van der Waals surface area (Å²) in [5.74, 6) is -0.0267. The van der Waals surface area contributed by atoms with Gasteiger partial charge in [-0.15, -0.1) is 0 Å². The minimum Gasteiger partial charge on any atom is -0.396 e. The molecule has 2 atom stereocenters. The van der Waals surface area contributed by atoms with Crippen molar-refractivity contribution in [3.63, 3.8) is 0 Å². The Hall–Kier alpha value is -0.620. The lowest BCUT2D eigenvalue weighted by molar-refractivity contribution is 0.0916. The van der Waals surface area contributed by atoms with Crippen LogP contribution in [0.2, 0.25) is 0 Å². The normalized spacial score (nSPS) is 14.2. The molecule has 3 nitrogen and oxygen atoms in total. The van der Waals surface area contributed by atoms with Gasteiger partial charge in [0.25, 0.3) is 5.91 Å². The van der Waals surface area contributed by atoms with Crippen LogP contribution < -0.4 is 5.32 Å². The molecule has 4 heteroatoms. The molecule has 0 aliphatic rings. The van der Waals surface area contributed by atoms with Crippen molar-refractivity contribution < 1.29 is 9.90 Å². The molecule has 0 radical (unpaired) electrons. The van der Waals surface area contributed by atoms with Crippen LogP contribution in [-0.4, -0.2) is 23.7 Å². The van der Waals surface area contributed by atoms with Crippen LogP contribution in [0.5, 0.6) is 0 Å². The van der Waals surface area contributed by atoms with E-state index in [0.717, 1.165) is 9.13 Å². The Morgan fingerprint density at radius 2 is 2.12 bits per heavy atom. The summed E-state index contributed by atoms with van der Waals surface area (Å²) >= 11 is 2.24. The second kappa shape index (κ2) is 6.35. The Labute approximate surface area is 116 Å². The highest BCUT2D eigenvalue weighted by Gasteiger charge is 2.15. The molecule has 0 fully saturated rings. The minimum atomic E-state index is -0.0858. The third-order valence-corrected chi connectivity index (χ3v) is 4.13. The predicted octanol–water partition coefficient (Wildman–Crippen LogP) is 2.35. The number of hydrogen-bond donors (Lipinski definition) is 2. The first kappa shape index (κ1) is 14.4. The Bertz CT molecular complexity index is 406. The molecule has 94 valence electrons. The quantitative estimate of drug-likeness (QED) is 0.822. The van der Waals surface area contributed by atoms with Crippen LogP contribution in [0, 0.1) is 16.4 Å². The molecule has 1 amide bonds. The number of rotatable bonds is 4. The van der Waals surface area contributed by atoms with Gasteiger partial charge in [-0.3, -0.25) is 4.79 Å². The average Bonchev–Trinajstić information content (AvgIpc) is 2.31. The minimum absolute atomic E-state index is 0.0351. The number of halogens is 1. The zero-order valence-corrected chi connectivity index (χ0v) is 12.5. The first-order chi connectivity index (χ1) is 7.95. The highest BCUT2D eigenvalue weighted by molar-refractivity contribution is 14.1. The number of aliphatic hydroxyl groups is 1. The van der Waals surface area contributed by atoms with Crippen molar-refractivity contribution in [3.8, 4) is 0 Å². The summed E-state index contributed by atoms with van der Waals surface area (Å²) in [6, 6.07) is 5.60. The van der Waals surface area contributed by atoms with Gasteiger partial charge in [0.1, 0.15) is 0 Å². The topological polar surface area (TPSA) is 49.3 Å². The van der Waals surface area contributed by atoms with Crippen molar-refractivity contribution >= 4 is 28.5 Å². The van der Waals surface area contributed by atoms with E-state index in [4.69, 9.17) is 5.11 Å². The summed E-state index contributed by atoms with van der Waals surface area (Å²) in [6.07, 6.45) is 0. The zero-order chi connectivity index (χ0) is 13.0. The van der Waals surface area contributed by atoms with Gasteiger partial charge in [-0.1, -0.05) is 6.92 Å². The van der Waals surface area contributed by atoms with E-state index in [9.17, 15) is 4.79 Å². The molecule has 0 bridgehead atoms. The third kappa shape index (κ3) is 3.96. The fraction of sp³-hybridized carbons (Fsp3) is 0.462. The van der Waals surface area contributed by atoms with Gasteiger partial charge in [0, 0.05) is 21.8 Å². The van der Waals surface area contributed by atoms with E-state index in [1.807, 2.05) is 39.0 Å². The fourth-order valence-electron chi connectivity index (χ4n) is 1.38. The van der Waals surface area contributed by atoms with E-state index in [2.05, 4.69) is 27.9 Å². The number of carbonyl (C=O) groups excluding carboxylic acids is 1. The molecule has 0 aliphatic carbocycles. The molecule has 0 spiro atoms. The van der Waals surface area contributed by atoms with E-state index in [1.54, 1.807) is 0 Å². The summed E-state index contributed by atoms with van der Waals surface area (Å²) < 4.78 is 1.15. The Morgan fingerprint density at radius 1 is 1.47 bits per heavy atom. The van der Waals surface area contributed by atoms with Crippen molar-refractivity contribution in [2.45, 2.75) is 26.8 Å². The van der Waals surface area contributed by atoms with Crippen molar-refractivity contribution in [1.82, 2.24) is 5.32 Å². The second-order valence-electron chi connectivity index (χ2n) is 4.39. The third-order valence-electron chi connectivity index (χ3n) is 2.92. The lowest BCUT2D eigenvalue weighted by Crippen LogP contribution is -2.38. The van der Waals surface area contributed by atoms with Gasteiger partial charge in [0.2, 0.25) is 0 Å².